The first kappa shape index (κ1) is 21.3. The predicted molar refractivity (Wildman–Crippen MR) is 120 cm³/mol. The number of hydrogen-bond donors (Lipinski definition) is 0. The largest absolute Gasteiger partial charge is 0.493 e. The third-order valence-corrected chi connectivity index (χ3v) is 5.01. The first-order valence-corrected chi connectivity index (χ1v) is 10.1. The van der Waals surface area contributed by atoms with Gasteiger partial charge in [-0.2, -0.15) is 5.26 Å². The quantitative estimate of drug-likeness (QED) is 0.233. The summed E-state index contributed by atoms with van der Waals surface area (Å²) in [6, 6.07) is 21.3. The van der Waals surface area contributed by atoms with Crippen molar-refractivity contribution in [3.05, 3.63) is 82.9 Å². The lowest BCUT2D eigenvalue weighted by atomic mass is 10.0. The van der Waals surface area contributed by atoms with Crippen LogP contribution in [0.3, 0.4) is 0 Å². The fourth-order valence-corrected chi connectivity index (χ4v) is 3.27. The molecular formula is C25H18ClNO5. The van der Waals surface area contributed by atoms with E-state index in [1.807, 2.05) is 6.07 Å². The monoisotopic (exact) mass is 447 g/mol. The molecule has 3 aromatic rings. The van der Waals surface area contributed by atoms with Crippen molar-refractivity contribution < 1.29 is 23.7 Å². The number of rotatable bonds is 5. The molecule has 0 spiro atoms. The molecule has 4 rings (SSSR count). The first-order valence-electron chi connectivity index (χ1n) is 9.73. The number of esters is 1. The molecule has 1 unspecified atom stereocenters. The minimum Gasteiger partial charge on any atom is -0.493 e. The van der Waals surface area contributed by atoms with Gasteiger partial charge >= 0.3 is 5.97 Å². The Balaban J connectivity index is 1.52. The highest BCUT2D eigenvalue weighted by molar-refractivity contribution is 6.30. The molecule has 32 heavy (non-hydrogen) atoms. The Hall–Kier alpha value is -3.95. The van der Waals surface area contributed by atoms with E-state index in [4.69, 9.17) is 30.5 Å². The second kappa shape index (κ2) is 9.46. The van der Waals surface area contributed by atoms with Crippen molar-refractivity contribution in [2.24, 2.45) is 0 Å². The number of nitriles is 1. The fraction of sp³-hybridized carbons (Fsp3) is 0.120. The molecule has 1 aliphatic rings. The summed E-state index contributed by atoms with van der Waals surface area (Å²) in [5.41, 5.74) is 1.90. The molecule has 6 nitrogen and oxygen atoms in total. The van der Waals surface area contributed by atoms with Gasteiger partial charge in [-0.1, -0.05) is 41.9 Å². The van der Waals surface area contributed by atoms with Gasteiger partial charge in [0.2, 0.25) is 6.10 Å². The molecule has 0 saturated heterocycles. The summed E-state index contributed by atoms with van der Waals surface area (Å²) in [7, 11) is 1.47. The molecule has 0 aromatic heterocycles. The van der Waals surface area contributed by atoms with Crippen molar-refractivity contribution in [1.82, 2.24) is 0 Å². The van der Waals surface area contributed by atoms with E-state index in [0.29, 0.717) is 33.4 Å². The molecular weight excluding hydrogens is 430 g/mol. The number of hydrogen-bond acceptors (Lipinski definition) is 6. The molecule has 0 bridgehead atoms. The average Bonchev–Trinajstić information content (AvgIpc) is 2.83. The Morgan fingerprint density at radius 2 is 1.84 bits per heavy atom. The van der Waals surface area contributed by atoms with Crippen molar-refractivity contribution >= 4 is 29.2 Å². The zero-order valence-electron chi connectivity index (χ0n) is 17.1. The number of allylic oxidation sites excluding steroid dienone is 1. The highest BCUT2D eigenvalue weighted by Gasteiger charge is 2.29. The molecule has 0 aliphatic carbocycles. The first-order chi connectivity index (χ1) is 15.6. The molecule has 7 heteroatoms. The number of nitrogens with zero attached hydrogens (tertiary/aromatic N) is 1. The van der Waals surface area contributed by atoms with Gasteiger partial charge in [-0.15, -0.1) is 0 Å². The van der Waals surface area contributed by atoms with Gasteiger partial charge in [-0.3, -0.25) is 0 Å². The van der Waals surface area contributed by atoms with Crippen LogP contribution < -0.4 is 18.9 Å². The van der Waals surface area contributed by atoms with Crippen molar-refractivity contribution in [2.45, 2.75) is 6.10 Å². The zero-order valence-corrected chi connectivity index (χ0v) is 17.8. The van der Waals surface area contributed by atoms with Crippen LogP contribution in [0, 0.1) is 11.3 Å². The van der Waals surface area contributed by atoms with Crippen molar-refractivity contribution in [2.75, 3.05) is 13.7 Å². The summed E-state index contributed by atoms with van der Waals surface area (Å²) < 4.78 is 22.2. The minimum absolute atomic E-state index is 0.0472. The predicted octanol–water partition coefficient (Wildman–Crippen LogP) is 5.16. The summed E-state index contributed by atoms with van der Waals surface area (Å²) in [6.45, 7) is 0.0472. The van der Waals surface area contributed by atoms with Gasteiger partial charge in [0.1, 0.15) is 6.61 Å². The summed E-state index contributed by atoms with van der Waals surface area (Å²) in [6.07, 6.45) is 0.816. The average molecular weight is 448 g/mol. The maximum Gasteiger partial charge on any atom is 0.356 e. The van der Waals surface area contributed by atoms with E-state index in [1.54, 1.807) is 66.7 Å². The van der Waals surface area contributed by atoms with Gasteiger partial charge in [0.15, 0.2) is 23.0 Å². The minimum atomic E-state index is -0.899. The van der Waals surface area contributed by atoms with Crippen LogP contribution in [0.5, 0.6) is 23.0 Å². The van der Waals surface area contributed by atoms with Crippen LogP contribution in [0.25, 0.3) is 11.6 Å². The smallest absolute Gasteiger partial charge is 0.356 e. The molecule has 160 valence electrons. The van der Waals surface area contributed by atoms with E-state index < -0.39 is 12.1 Å². The number of methoxy groups -OCH3 is 1. The Labute approximate surface area is 190 Å². The standard InChI is InChI=1S/C25H18ClNO5/c1-29-23-13-16(12-18(14-27)17-7-9-19(26)10-8-17)6-11-22(23)32-25(28)24-15-30-20-4-2-3-5-21(20)31-24/h2-13,24H,15H2,1H3/b18-12+. The number of fused-ring (bicyclic) bond motifs is 1. The topological polar surface area (TPSA) is 77.8 Å². The van der Waals surface area contributed by atoms with E-state index in [-0.39, 0.29) is 12.4 Å². The molecule has 1 heterocycles. The zero-order chi connectivity index (χ0) is 22.5. The molecule has 0 radical (unpaired) electrons. The number of carbonyl (C=O) groups is 1. The van der Waals surface area contributed by atoms with Crippen LogP contribution in [-0.2, 0) is 4.79 Å². The molecule has 1 atom stereocenters. The van der Waals surface area contributed by atoms with E-state index in [0.717, 1.165) is 5.56 Å². The van der Waals surface area contributed by atoms with Gasteiger partial charge in [-0.05, 0) is 53.6 Å². The van der Waals surface area contributed by atoms with Gasteiger partial charge in [0, 0.05) is 5.02 Å². The van der Waals surface area contributed by atoms with Gasteiger partial charge in [-0.25, -0.2) is 4.79 Å². The highest BCUT2D eigenvalue weighted by Crippen LogP contribution is 2.33. The van der Waals surface area contributed by atoms with Gasteiger partial charge in [0.25, 0.3) is 0 Å². The normalized spacial score (nSPS) is 14.9. The van der Waals surface area contributed by atoms with E-state index in [9.17, 15) is 10.1 Å². The lowest BCUT2D eigenvalue weighted by molar-refractivity contribution is -0.144. The van der Waals surface area contributed by atoms with E-state index in [1.165, 1.54) is 7.11 Å². The maximum absolute atomic E-state index is 12.6. The number of para-hydroxylation sites is 2. The SMILES string of the molecule is COc1cc(/C=C(\C#N)c2ccc(Cl)cc2)ccc1OC(=O)C1COc2ccccc2O1. The Morgan fingerprint density at radius 1 is 1.09 bits per heavy atom. The fourth-order valence-electron chi connectivity index (χ4n) is 3.14. The number of benzene rings is 3. The second-order valence-electron chi connectivity index (χ2n) is 6.87. The van der Waals surface area contributed by atoms with Crippen molar-refractivity contribution in [3.8, 4) is 29.1 Å². The summed E-state index contributed by atoms with van der Waals surface area (Å²) in [5, 5.41) is 10.1. The lowest BCUT2D eigenvalue weighted by Crippen LogP contribution is -2.39. The molecule has 0 saturated carbocycles. The van der Waals surface area contributed by atoms with E-state index >= 15 is 0 Å². The molecule has 0 N–H and O–H groups in total. The summed E-state index contributed by atoms with van der Waals surface area (Å²) >= 11 is 5.92. The Bertz CT molecular complexity index is 1210. The Kier molecular flexibility index (Phi) is 6.29. The number of halogens is 1. The summed E-state index contributed by atoms with van der Waals surface area (Å²) in [4.78, 5) is 12.6. The van der Waals surface area contributed by atoms with Crippen LogP contribution in [0.2, 0.25) is 5.02 Å². The van der Waals surface area contributed by atoms with Crippen LogP contribution in [0.4, 0.5) is 0 Å². The van der Waals surface area contributed by atoms with Crippen LogP contribution in [0.1, 0.15) is 11.1 Å². The van der Waals surface area contributed by atoms with E-state index in [2.05, 4.69) is 6.07 Å². The van der Waals surface area contributed by atoms with Crippen molar-refractivity contribution in [1.29, 1.82) is 5.26 Å². The summed E-state index contributed by atoms with van der Waals surface area (Å²) in [5.74, 6) is 1.05. The maximum atomic E-state index is 12.6. The van der Waals surface area contributed by atoms with Crippen LogP contribution in [0.15, 0.2) is 66.7 Å². The molecule has 0 amide bonds. The third kappa shape index (κ3) is 4.69. The molecule has 1 aliphatic heterocycles. The van der Waals surface area contributed by atoms with Crippen LogP contribution >= 0.6 is 11.6 Å². The van der Waals surface area contributed by atoms with Gasteiger partial charge in [0.05, 0.1) is 18.8 Å². The molecule has 3 aromatic carbocycles. The lowest BCUT2D eigenvalue weighted by Gasteiger charge is -2.25. The number of ether oxygens (including phenoxy) is 4. The Morgan fingerprint density at radius 3 is 2.56 bits per heavy atom. The number of carbonyl (C=O) groups excluding carboxylic acids is 1. The second-order valence-corrected chi connectivity index (χ2v) is 7.31. The molecule has 0 fully saturated rings. The van der Waals surface area contributed by atoms with Crippen molar-refractivity contribution in [3.63, 3.8) is 0 Å². The van der Waals surface area contributed by atoms with Gasteiger partial charge < -0.3 is 18.9 Å². The third-order valence-electron chi connectivity index (χ3n) is 4.76. The van der Waals surface area contributed by atoms with Crippen LogP contribution in [-0.4, -0.2) is 25.8 Å². The highest BCUT2D eigenvalue weighted by atomic mass is 35.5.